The molecule has 1 unspecified atom stereocenters. The maximum atomic E-state index is 9.64. The van der Waals surface area contributed by atoms with Gasteiger partial charge in [-0.05, 0) is 43.7 Å². The third-order valence-corrected chi connectivity index (χ3v) is 4.53. The lowest BCUT2D eigenvalue weighted by Gasteiger charge is -2.31. The van der Waals surface area contributed by atoms with Gasteiger partial charge in [0.2, 0.25) is 0 Å². The maximum Gasteiger partial charge on any atom is 0.134 e. The van der Waals surface area contributed by atoms with E-state index in [0.29, 0.717) is 12.0 Å². The zero-order chi connectivity index (χ0) is 14.8. The van der Waals surface area contributed by atoms with Crippen LogP contribution in [0.3, 0.4) is 0 Å². The van der Waals surface area contributed by atoms with Crippen molar-refractivity contribution in [1.82, 2.24) is 5.32 Å². The zero-order valence-corrected chi connectivity index (χ0v) is 12.9. The monoisotopic (exact) mass is 287 g/mol. The largest absolute Gasteiger partial charge is 0.459 e. The predicted octanol–water partition coefficient (Wildman–Crippen LogP) is 4.02. The van der Waals surface area contributed by atoms with Crippen molar-refractivity contribution < 1.29 is 9.52 Å². The number of furan rings is 1. The van der Waals surface area contributed by atoms with Crippen molar-refractivity contribution in [3.63, 3.8) is 0 Å². The van der Waals surface area contributed by atoms with Crippen LogP contribution in [0.4, 0.5) is 0 Å². The topological polar surface area (TPSA) is 45.4 Å². The van der Waals surface area contributed by atoms with Gasteiger partial charge in [-0.15, -0.1) is 0 Å². The number of para-hydroxylation sites is 1. The first-order valence-electron chi connectivity index (χ1n) is 8.06. The minimum absolute atomic E-state index is 0.105. The minimum atomic E-state index is -0.105. The molecule has 3 heteroatoms. The van der Waals surface area contributed by atoms with Crippen LogP contribution in [0.25, 0.3) is 11.0 Å². The average Bonchev–Trinajstić information content (AvgIpc) is 2.89. The summed E-state index contributed by atoms with van der Waals surface area (Å²) in [4.78, 5) is 0. The lowest BCUT2D eigenvalue weighted by molar-refractivity contribution is 0.111. The third-order valence-electron chi connectivity index (χ3n) is 4.53. The van der Waals surface area contributed by atoms with E-state index in [1.54, 1.807) is 0 Å². The van der Waals surface area contributed by atoms with Gasteiger partial charge < -0.3 is 14.8 Å². The summed E-state index contributed by atoms with van der Waals surface area (Å²) in [6, 6.07) is 11.0. The molecule has 0 spiro atoms. The maximum absolute atomic E-state index is 9.64. The van der Waals surface area contributed by atoms with E-state index in [1.807, 2.05) is 18.2 Å². The van der Waals surface area contributed by atoms with Gasteiger partial charge in [-0.1, -0.05) is 32.0 Å². The molecular formula is C18H25NO2. The van der Waals surface area contributed by atoms with Crippen molar-refractivity contribution in [2.75, 3.05) is 0 Å². The van der Waals surface area contributed by atoms with Gasteiger partial charge in [-0.3, -0.25) is 0 Å². The Morgan fingerprint density at radius 1 is 1.14 bits per heavy atom. The van der Waals surface area contributed by atoms with Gasteiger partial charge in [0.25, 0.3) is 0 Å². The van der Waals surface area contributed by atoms with Crippen LogP contribution in [0, 0.1) is 5.92 Å². The van der Waals surface area contributed by atoms with E-state index < -0.39 is 0 Å². The van der Waals surface area contributed by atoms with E-state index in [9.17, 15) is 5.11 Å². The Bertz CT molecular complexity index is 549. The predicted molar refractivity (Wildman–Crippen MR) is 85.2 cm³/mol. The van der Waals surface area contributed by atoms with E-state index in [2.05, 4.69) is 31.3 Å². The first kappa shape index (κ1) is 14.6. The molecule has 2 N–H and O–H groups in total. The molecule has 1 heterocycles. The molecule has 2 aromatic rings. The number of hydrogen-bond acceptors (Lipinski definition) is 3. The Labute approximate surface area is 126 Å². The number of fused-ring (bicyclic) bond motifs is 1. The summed E-state index contributed by atoms with van der Waals surface area (Å²) in [5.41, 5.74) is 0.957. The second kappa shape index (κ2) is 6.20. The molecule has 3 rings (SSSR count). The highest BCUT2D eigenvalue weighted by atomic mass is 16.3. The number of hydrogen-bond donors (Lipinski definition) is 2. The van der Waals surface area contributed by atoms with E-state index in [4.69, 9.17) is 4.42 Å². The molecule has 0 bridgehead atoms. The van der Waals surface area contributed by atoms with Crippen LogP contribution in [-0.4, -0.2) is 17.3 Å². The first-order chi connectivity index (χ1) is 10.1. The SMILES string of the molecule is CC(C)C(NC1CCC(O)CC1)c1cc2ccccc2o1. The van der Waals surface area contributed by atoms with Gasteiger partial charge in [0.15, 0.2) is 0 Å². The number of rotatable bonds is 4. The van der Waals surface area contributed by atoms with Crippen molar-refractivity contribution in [2.45, 2.75) is 57.7 Å². The quantitative estimate of drug-likeness (QED) is 0.892. The van der Waals surface area contributed by atoms with Crippen LogP contribution in [0.15, 0.2) is 34.7 Å². The number of benzene rings is 1. The standard InChI is InChI=1S/C18H25NO2/c1-12(2)18(19-14-7-9-15(20)10-8-14)17-11-13-5-3-4-6-16(13)21-17/h3-6,11-12,14-15,18-20H,7-10H2,1-2H3. The second-order valence-electron chi connectivity index (χ2n) is 6.58. The summed E-state index contributed by atoms with van der Waals surface area (Å²) in [7, 11) is 0. The smallest absolute Gasteiger partial charge is 0.134 e. The van der Waals surface area contributed by atoms with Gasteiger partial charge in [0.1, 0.15) is 11.3 Å². The fourth-order valence-electron chi connectivity index (χ4n) is 3.26. The van der Waals surface area contributed by atoms with Crippen molar-refractivity contribution in [1.29, 1.82) is 0 Å². The Morgan fingerprint density at radius 3 is 2.52 bits per heavy atom. The van der Waals surface area contributed by atoms with Gasteiger partial charge >= 0.3 is 0 Å². The third kappa shape index (κ3) is 3.30. The Balaban J connectivity index is 1.77. The van der Waals surface area contributed by atoms with Crippen LogP contribution in [0.1, 0.15) is 51.3 Å². The van der Waals surface area contributed by atoms with Crippen molar-refractivity contribution in [3.05, 3.63) is 36.1 Å². The summed E-state index contributed by atoms with van der Waals surface area (Å²) < 4.78 is 6.04. The fraction of sp³-hybridized carbons (Fsp3) is 0.556. The van der Waals surface area contributed by atoms with Crippen molar-refractivity contribution in [2.24, 2.45) is 5.92 Å². The molecule has 21 heavy (non-hydrogen) atoms. The minimum Gasteiger partial charge on any atom is -0.459 e. The molecule has 1 aromatic heterocycles. The van der Waals surface area contributed by atoms with Crippen molar-refractivity contribution >= 4 is 11.0 Å². The molecule has 1 aliphatic carbocycles. The van der Waals surface area contributed by atoms with Gasteiger partial charge in [0, 0.05) is 11.4 Å². The molecule has 0 aliphatic heterocycles. The van der Waals surface area contributed by atoms with Crippen LogP contribution >= 0.6 is 0 Å². The number of nitrogens with one attached hydrogen (secondary N) is 1. The summed E-state index contributed by atoms with van der Waals surface area (Å²) in [6.45, 7) is 4.45. The Morgan fingerprint density at radius 2 is 1.86 bits per heavy atom. The van der Waals surface area contributed by atoms with Gasteiger partial charge in [-0.2, -0.15) is 0 Å². The Kier molecular flexibility index (Phi) is 4.32. The molecule has 1 atom stereocenters. The molecular weight excluding hydrogens is 262 g/mol. The number of aliphatic hydroxyl groups is 1. The van der Waals surface area contributed by atoms with Crippen LogP contribution in [0.5, 0.6) is 0 Å². The second-order valence-corrected chi connectivity index (χ2v) is 6.58. The normalized spacial score (nSPS) is 24.6. The molecule has 1 fully saturated rings. The summed E-state index contributed by atoms with van der Waals surface area (Å²) in [5.74, 6) is 1.50. The highest BCUT2D eigenvalue weighted by Crippen LogP contribution is 2.30. The molecule has 0 radical (unpaired) electrons. The van der Waals surface area contributed by atoms with E-state index in [0.717, 1.165) is 37.0 Å². The van der Waals surface area contributed by atoms with Crippen LogP contribution in [0.2, 0.25) is 0 Å². The van der Waals surface area contributed by atoms with Crippen molar-refractivity contribution in [3.8, 4) is 0 Å². The molecule has 0 saturated heterocycles. The highest BCUT2D eigenvalue weighted by Gasteiger charge is 2.26. The molecule has 114 valence electrons. The Hall–Kier alpha value is -1.32. The summed E-state index contributed by atoms with van der Waals surface area (Å²) >= 11 is 0. The summed E-state index contributed by atoms with van der Waals surface area (Å²) in [5, 5.41) is 14.6. The van der Waals surface area contributed by atoms with E-state index in [1.165, 1.54) is 5.39 Å². The van der Waals surface area contributed by atoms with E-state index in [-0.39, 0.29) is 12.1 Å². The van der Waals surface area contributed by atoms with Crippen LogP contribution in [-0.2, 0) is 0 Å². The highest BCUT2D eigenvalue weighted by molar-refractivity contribution is 5.77. The lowest BCUT2D eigenvalue weighted by atomic mass is 9.91. The molecule has 0 amide bonds. The molecule has 1 aliphatic rings. The molecule has 3 nitrogen and oxygen atoms in total. The van der Waals surface area contributed by atoms with Gasteiger partial charge in [-0.25, -0.2) is 0 Å². The van der Waals surface area contributed by atoms with Crippen LogP contribution < -0.4 is 5.32 Å². The van der Waals surface area contributed by atoms with E-state index >= 15 is 0 Å². The lowest BCUT2D eigenvalue weighted by Crippen LogP contribution is -2.38. The average molecular weight is 287 g/mol. The first-order valence-corrected chi connectivity index (χ1v) is 8.06. The fourth-order valence-corrected chi connectivity index (χ4v) is 3.26. The summed E-state index contributed by atoms with van der Waals surface area (Å²) in [6.07, 6.45) is 3.80. The molecule has 1 saturated carbocycles. The van der Waals surface area contributed by atoms with Gasteiger partial charge in [0.05, 0.1) is 12.1 Å². The number of aliphatic hydroxyl groups excluding tert-OH is 1. The zero-order valence-electron chi connectivity index (χ0n) is 12.9. The molecule has 1 aromatic carbocycles.